The molecule has 3 heterocycles. The first kappa shape index (κ1) is 24.1. The lowest BCUT2D eigenvalue weighted by Gasteiger charge is -2.28. The van der Waals surface area contributed by atoms with Gasteiger partial charge in [-0.2, -0.15) is 0 Å². The summed E-state index contributed by atoms with van der Waals surface area (Å²) in [4.78, 5) is 36.3. The number of piperidine rings is 1. The maximum atomic E-state index is 12.9. The number of amides is 2. The minimum Gasteiger partial charge on any atom is -0.489 e. The van der Waals surface area contributed by atoms with Crippen molar-refractivity contribution < 1.29 is 19.4 Å². The van der Waals surface area contributed by atoms with Crippen molar-refractivity contribution in [3.05, 3.63) is 39.8 Å². The Labute approximate surface area is 205 Å². The first-order valence-corrected chi connectivity index (χ1v) is 12.7. The van der Waals surface area contributed by atoms with Crippen LogP contribution in [0.1, 0.15) is 52.5 Å². The van der Waals surface area contributed by atoms with Crippen molar-refractivity contribution in [1.82, 2.24) is 14.9 Å². The lowest BCUT2D eigenvalue weighted by molar-refractivity contribution is 0.0546. The van der Waals surface area contributed by atoms with Crippen molar-refractivity contribution >= 4 is 45.3 Å². The van der Waals surface area contributed by atoms with Crippen molar-refractivity contribution in [3.8, 4) is 16.3 Å². The molecule has 34 heavy (non-hydrogen) atoms. The molecular formula is C23H27N5O4S2. The average molecular weight is 502 g/mol. The van der Waals surface area contributed by atoms with E-state index in [1.54, 1.807) is 23.1 Å². The summed E-state index contributed by atoms with van der Waals surface area (Å²) in [7, 11) is 0. The molecule has 3 aromatic rings. The van der Waals surface area contributed by atoms with Crippen LogP contribution in [0.4, 0.5) is 10.8 Å². The van der Waals surface area contributed by atoms with E-state index in [4.69, 9.17) is 10.5 Å². The second-order valence-electron chi connectivity index (χ2n) is 8.36. The van der Waals surface area contributed by atoms with Crippen LogP contribution in [0.5, 0.6) is 5.75 Å². The number of hydrogen-bond donors (Lipinski definition) is 3. The SMILES string of the molecule is Cc1nc(C(=O)N2CCC(O)CC2)sc1-c1csc(Nc2cc(C(N)=O)ccc2OC(C)C)n1. The van der Waals surface area contributed by atoms with E-state index in [-0.39, 0.29) is 18.1 Å². The van der Waals surface area contributed by atoms with Crippen molar-refractivity contribution in [2.45, 2.75) is 45.8 Å². The number of nitrogens with one attached hydrogen (secondary N) is 1. The monoisotopic (exact) mass is 501 g/mol. The van der Waals surface area contributed by atoms with Crippen LogP contribution >= 0.6 is 22.7 Å². The maximum Gasteiger partial charge on any atom is 0.282 e. The third-order valence-electron chi connectivity index (χ3n) is 5.34. The molecule has 180 valence electrons. The van der Waals surface area contributed by atoms with Gasteiger partial charge in [0.15, 0.2) is 10.1 Å². The van der Waals surface area contributed by atoms with E-state index in [1.165, 1.54) is 22.7 Å². The highest BCUT2D eigenvalue weighted by Gasteiger charge is 2.26. The number of rotatable bonds is 7. The van der Waals surface area contributed by atoms with Crippen LogP contribution in [0, 0.1) is 6.92 Å². The van der Waals surface area contributed by atoms with E-state index in [1.807, 2.05) is 26.2 Å². The zero-order valence-electron chi connectivity index (χ0n) is 19.2. The number of anilines is 2. The minimum absolute atomic E-state index is 0.0502. The van der Waals surface area contributed by atoms with Gasteiger partial charge in [0, 0.05) is 24.0 Å². The number of likely N-dealkylation sites (tertiary alicyclic amines) is 1. The van der Waals surface area contributed by atoms with Gasteiger partial charge in [-0.1, -0.05) is 0 Å². The van der Waals surface area contributed by atoms with Gasteiger partial charge in [-0.05, 0) is 51.8 Å². The molecule has 1 aliphatic rings. The number of aryl methyl sites for hydroxylation is 1. The van der Waals surface area contributed by atoms with Gasteiger partial charge < -0.3 is 25.8 Å². The number of aliphatic hydroxyl groups is 1. The standard InChI is InChI=1S/C23H27N5O4S2/c1-12(2)32-18-5-4-14(20(24)30)10-16(18)26-23-27-17(11-33-23)19-13(3)25-21(34-19)22(31)28-8-6-15(29)7-9-28/h4-5,10-12,15,29H,6-9H2,1-3H3,(H2,24,30)(H,26,27). The zero-order valence-corrected chi connectivity index (χ0v) is 20.8. The first-order valence-electron chi connectivity index (χ1n) is 11.0. The second kappa shape index (κ2) is 10.1. The molecule has 0 unspecified atom stereocenters. The Morgan fingerprint density at radius 3 is 2.68 bits per heavy atom. The Balaban J connectivity index is 1.55. The highest BCUT2D eigenvalue weighted by atomic mass is 32.1. The van der Waals surface area contributed by atoms with Gasteiger partial charge in [-0.25, -0.2) is 9.97 Å². The van der Waals surface area contributed by atoms with E-state index in [2.05, 4.69) is 15.3 Å². The minimum atomic E-state index is -0.528. The predicted octanol–water partition coefficient (Wildman–Crippen LogP) is 3.80. The molecule has 2 aromatic heterocycles. The number of nitrogens with zero attached hydrogens (tertiary/aromatic N) is 3. The molecule has 4 rings (SSSR count). The van der Waals surface area contributed by atoms with Gasteiger partial charge in [-0.3, -0.25) is 9.59 Å². The molecule has 0 saturated carbocycles. The number of hydrogen-bond acceptors (Lipinski definition) is 9. The number of ether oxygens (including phenoxy) is 1. The molecule has 0 radical (unpaired) electrons. The number of aliphatic hydroxyl groups excluding tert-OH is 1. The highest BCUT2D eigenvalue weighted by molar-refractivity contribution is 7.18. The number of carbonyl (C=O) groups is 2. The fourth-order valence-electron chi connectivity index (χ4n) is 3.62. The maximum absolute atomic E-state index is 12.9. The third-order valence-corrected chi connectivity index (χ3v) is 7.26. The summed E-state index contributed by atoms with van der Waals surface area (Å²) >= 11 is 2.72. The van der Waals surface area contributed by atoms with Gasteiger partial charge >= 0.3 is 0 Å². The first-order chi connectivity index (χ1) is 16.2. The second-order valence-corrected chi connectivity index (χ2v) is 10.2. The largest absolute Gasteiger partial charge is 0.489 e. The Bertz CT molecular complexity index is 1200. The Morgan fingerprint density at radius 2 is 2.00 bits per heavy atom. The van der Waals surface area contributed by atoms with Crippen LogP contribution in [-0.4, -0.2) is 57.1 Å². The molecule has 9 nitrogen and oxygen atoms in total. The molecule has 4 N–H and O–H groups in total. The summed E-state index contributed by atoms with van der Waals surface area (Å²) in [5.41, 5.74) is 7.85. The highest BCUT2D eigenvalue weighted by Crippen LogP contribution is 2.36. The predicted molar refractivity (Wildman–Crippen MR) is 133 cm³/mol. The van der Waals surface area contributed by atoms with Gasteiger partial charge in [0.25, 0.3) is 5.91 Å². The van der Waals surface area contributed by atoms with E-state index < -0.39 is 5.91 Å². The van der Waals surface area contributed by atoms with Crippen LogP contribution in [0.15, 0.2) is 23.6 Å². The lowest BCUT2D eigenvalue weighted by Crippen LogP contribution is -2.40. The molecule has 0 atom stereocenters. The van der Waals surface area contributed by atoms with Crippen LogP contribution in [0.25, 0.3) is 10.6 Å². The van der Waals surface area contributed by atoms with Crippen LogP contribution in [-0.2, 0) is 0 Å². The smallest absolute Gasteiger partial charge is 0.282 e. The lowest BCUT2D eigenvalue weighted by atomic mass is 10.1. The van der Waals surface area contributed by atoms with Crippen LogP contribution < -0.4 is 15.8 Å². The van der Waals surface area contributed by atoms with E-state index in [0.29, 0.717) is 58.8 Å². The average Bonchev–Trinajstić information content (AvgIpc) is 3.40. The molecule has 11 heteroatoms. The van der Waals surface area contributed by atoms with Crippen molar-refractivity contribution in [3.63, 3.8) is 0 Å². The zero-order chi connectivity index (χ0) is 24.4. The van der Waals surface area contributed by atoms with Crippen molar-refractivity contribution in [2.75, 3.05) is 18.4 Å². The summed E-state index contributed by atoms with van der Waals surface area (Å²) in [6.07, 6.45) is 0.784. The van der Waals surface area contributed by atoms with Crippen molar-refractivity contribution in [2.24, 2.45) is 5.73 Å². The van der Waals surface area contributed by atoms with Gasteiger partial charge in [0.1, 0.15) is 5.75 Å². The van der Waals surface area contributed by atoms with E-state index in [9.17, 15) is 14.7 Å². The van der Waals surface area contributed by atoms with Gasteiger partial charge in [0.05, 0.1) is 34.2 Å². The van der Waals surface area contributed by atoms with E-state index >= 15 is 0 Å². The van der Waals surface area contributed by atoms with Gasteiger partial charge in [0.2, 0.25) is 5.91 Å². The number of nitrogens with two attached hydrogens (primary N) is 1. The Kier molecular flexibility index (Phi) is 7.15. The van der Waals surface area contributed by atoms with Gasteiger partial charge in [-0.15, -0.1) is 22.7 Å². The summed E-state index contributed by atoms with van der Waals surface area (Å²) in [6, 6.07) is 4.98. The van der Waals surface area contributed by atoms with E-state index in [0.717, 1.165) is 10.6 Å². The molecule has 0 spiro atoms. The number of benzene rings is 1. The van der Waals surface area contributed by atoms with Crippen LogP contribution in [0.2, 0.25) is 0 Å². The number of primary amides is 1. The molecule has 1 fully saturated rings. The number of carbonyl (C=O) groups excluding carboxylic acids is 2. The molecule has 1 aliphatic heterocycles. The number of thiazole rings is 2. The summed E-state index contributed by atoms with van der Waals surface area (Å²) in [6.45, 7) is 6.77. The Hall–Kier alpha value is -3.02. The molecule has 1 aromatic carbocycles. The molecule has 2 amide bonds. The van der Waals surface area contributed by atoms with Crippen molar-refractivity contribution in [1.29, 1.82) is 0 Å². The molecule has 1 saturated heterocycles. The molecular weight excluding hydrogens is 474 g/mol. The summed E-state index contributed by atoms with van der Waals surface area (Å²) in [5.74, 6) is -0.0523. The molecule has 0 aliphatic carbocycles. The Morgan fingerprint density at radius 1 is 1.26 bits per heavy atom. The summed E-state index contributed by atoms with van der Waals surface area (Å²) < 4.78 is 5.85. The fraction of sp³-hybridized carbons (Fsp3) is 0.391. The van der Waals surface area contributed by atoms with Crippen LogP contribution in [0.3, 0.4) is 0 Å². The number of aromatic nitrogens is 2. The fourth-order valence-corrected chi connectivity index (χ4v) is 5.40. The quantitative estimate of drug-likeness (QED) is 0.449. The topological polar surface area (TPSA) is 131 Å². The molecule has 0 bridgehead atoms. The summed E-state index contributed by atoms with van der Waals surface area (Å²) in [5, 5.41) is 15.8. The third kappa shape index (κ3) is 5.37. The normalized spacial score (nSPS) is 14.4.